The quantitative estimate of drug-likeness (QED) is 0.233. The van der Waals surface area contributed by atoms with Gasteiger partial charge in [0, 0.05) is 43.3 Å². The zero-order chi connectivity index (χ0) is 29.0. The van der Waals surface area contributed by atoms with Gasteiger partial charge in [-0.15, -0.1) is 0 Å². The Labute approximate surface area is 241 Å². The summed E-state index contributed by atoms with van der Waals surface area (Å²) in [4.78, 5) is 14.6. The van der Waals surface area contributed by atoms with Crippen LogP contribution in [0.15, 0.2) is 102 Å². The summed E-state index contributed by atoms with van der Waals surface area (Å²) in [6.07, 6.45) is 3.01. The lowest BCUT2D eigenvalue weighted by molar-refractivity contribution is 0.0968. The van der Waals surface area contributed by atoms with Gasteiger partial charge in [-0.05, 0) is 70.7 Å². The highest BCUT2D eigenvalue weighted by Gasteiger charge is 2.38. The molecule has 0 saturated heterocycles. The van der Waals surface area contributed by atoms with E-state index >= 15 is 0 Å². The molecule has 40 heavy (non-hydrogen) atoms. The summed E-state index contributed by atoms with van der Waals surface area (Å²) in [6.45, 7) is 9.88. The number of halogens is 1. The first-order valence-electron chi connectivity index (χ1n) is 13.3. The SMILES string of the molecule is C=CN(C)/C(=C\N)C(O)(c1ccc(CNCC(C)C)cc1)c1ccc2c(c1)c(-c1cccc(Cl)c1)cc(=O)n2C. The minimum atomic E-state index is -1.61. The average molecular weight is 557 g/mol. The van der Waals surface area contributed by atoms with Gasteiger partial charge < -0.3 is 25.6 Å². The Morgan fingerprint density at radius 3 is 2.45 bits per heavy atom. The molecule has 0 aliphatic carbocycles. The minimum Gasteiger partial charge on any atom is -0.403 e. The molecule has 0 radical (unpaired) electrons. The number of aryl methyl sites for hydroxylation is 1. The molecular formula is C33H37ClN4O2. The molecule has 4 aromatic rings. The van der Waals surface area contributed by atoms with Crippen LogP contribution in [0.2, 0.25) is 5.02 Å². The van der Waals surface area contributed by atoms with E-state index in [-0.39, 0.29) is 5.56 Å². The fourth-order valence-electron chi connectivity index (χ4n) is 5.00. The molecule has 0 spiro atoms. The lowest BCUT2D eigenvalue weighted by Gasteiger charge is -2.36. The molecule has 6 nitrogen and oxygen atoms in total. The molecule has 1 heterocycles. The molecule has 3 aromatic carbocycles. The van der Waals surface area contributed by atoms with Gasteiger partial charge in [-0.25, -0.2) is 0 Å². The van der Waals surface area contributed by atoms with Gasteiger partial charge in [0.05, 0.1) is 11.2 Å². The first-order chi connectivity index (χ1) is 19.1. The first-order valence-corrected chi connectivity index (χ1v) is 13.7. The van der Waals surface area contributed by atoms with Gasteiger partial charge in [-0.1, -0.05) is 74.5 Å². The Hall–Kier alpha value is -3.84. The third kappa shape index (κ3) is 5.70. The van der Waals surface area contributed by atoms with Crippen LogP contribution in [0.1, 0.15) is 30.5 Å². The lowest BCUT2D eigenvalue weighted by atomic mass is 9.81. The van der Waals surface area contributed by atoms with Crippen molar-refractivity contribution in [2.24, 2.45) is 18.7 Å². The molecular weight excluding hydrogens is 520 g/mol. The van der Waals surface area contributed by atoms with Crippen molar-refractivity contribution in [3.8, 4) is 11.1 Å². The zero-order valence-electron chi connectivity index (χ0n) is 23.5. The van der Waals surface area contributed by atoms with Gasteiger partial charge in [0.1, 0.15) is 0 Å². The molecule has 208 valence electrons. The molecule has 4 rings (SSSR count). The van der Waals surface area contributed by atoms with E-state index in [0.717, 1.165) is 40.7 Å². The molecule has 7 heteroatoms. The Morgan fingerprint density at radius 1 is 1.12 bits per heavy atom. The highest BCUT2D eigenvalue weighted by molar-refractivity contribution is 6.30. The summed E-state index contributed by atoms with van der Waals surface area (Å²) < 4.78 is 1.60. The number of rotatable bonds is 10. The number of aliphatic hydroxyl groups is 1. The van der Waals surface area contributed by atoms with Gasteiger partial charge in [-0.2, -0.15) is 0 Å². The fraction of sp³-hybridized carbons (Fsp3) is 0.242. The summed E-state index contributed by atoms with van der Waals surface area (Å²) in [7, 11) is 3.53. The normalized spacial score (nSPS) is 13.4. The number of aromatic nitrogens is 1. The van der Waals surface area contributed by atoms with E-state index in [2.05, 4.69) is 25.7 Å². The number of nitrogens with two attached hydrogens (primary N) is 1. The highest BCUT2D eigenvalue weighted by Crippen LogP contribution is 2.40. The second-order valence-electron chi connectivity index (χ2n) is 10.5. The molecule has 1 atom stereocenters. The van der Waals surface area contributed by atoms with E-state index in [9.17, 15) is 9.90 Å². The van der Waals surface area contributed by atoms with Crippen LogP contribution in [-0.4, -0.2) is 28.2 Å². The molecule has 4 N–H and O–H groups in total. The smallest absolute Gasteiger partial charge is 0.251 e. The van der Waals surface area contributed by atoms with E-state index in [1.54, 1.807) is 41.9 Å². The monoisotopic (exact) mass is 556 g/mol. The standard InChI is InChI=1S/C33H37ClN4O2/c1-6-37(4)31(19-35)33(40,25-12-10-23(11-13-25)21-36-20-22(2)3)26-14-15-30-29(17-26)28(18-32(39)38(30)5)24-8-7-9-27(34)16-24/h6-19,22,36,40H,1,20-21,35H2,2-5H3/b31-19-. The predicted octanol–water partition coefficient (Wildman–Crippen LogP) is 5.72. The predicted molar refractivity (Wildman–Crippen MR) is 166 cm³/mol. The van der Waals surface area contributed by atoms with Crippen LogP contribution in [0.5, 0.6) is 0 Å². The number of pyridine rings is 1. The first kappa shape index (κ1) is 29.2. The maximum atomic E-state index is 12.9. The maximum Gasteiger partial charge on any atom is 0.251 e. The number of nitrogens with zero attached hydrogens (tertiary/aromatic N) is 2. The van der Waals surface area contributed by atoms with Crippen molar-refractivity contribution in [1.82, 2.24) is 14.8 Å². The van der Waals surface area contributed by atoms with Crippen LogP contribution < -0.4 is 16.6 Å². The largest absolute Gasteiger partial charge is 0.403 e. The van der Waals surface area contributed by atoms with Crippen molar-refractivity contribution in [2.45, 2.75) is 26.0 Å². The van der Waals surface area contributed by atoms with Crippen LogP contribution in [0.4, 0.5) is 0 Å². The van der Waals surface area contributed by atoms with Gasteiger partial charge in [0.2, 0.25) is 0 Å². The molecule has 0 bridgehead atoms. The molecule has 1 unspecified atom stereocenters. The maximum absolute atomic E-state index is 12.9. The van der Waals surface area contributed by atoms with Crippen molar-refractivity contribution in [3.05, 3.63) is 130 Å². The molecule has 0 aliphatic heterocycles. The Bertz CT molecular complexity index is 1610. The average Bonchev–Trinajstić information content (AvgIpc) is 2.95. The van der Waals surface area contributed by atoms with Gasteiger partial charge in [0.25, 0.3) is 5.56 Å². The molecule has 0 aliphatic rings. The van der Waals surface area contributed by atoms with Gasteiger partial charge >= 0.3 is 0 Å². The molecule has 0 amide bonds. The van der Waals surface area contributed by atoms with E-state index in [4.69, 9.17) is 17.3 Å². The van der Waals surface area contributed by atoms with Crippen LogP contribution in [0.25, 0.3) is 22.0 Å². The van der Waals surface area contributed by atoms with Crippen LogP contribution in [0.3, 0.4) is 0 Å². The highest BCUT2D eigenvalue weighted by atomic mass is 35.5. The van der Waals surface area contributed by atoms with Crippen LogP contribution in [0, 0.1) is 5.92 Å². The summed E-state index contributed by atoms with van der Waals surface area (Å²) in [5.41, 5.74) is 9.47. The van der Waals surface area contributed by atoms with Gasteiger partial charge in [-0.3, -0.25) is 4.79 Å². The Balaban J connectivity index is 1.93. The van der Waals surface area contributed by atoms with Crippen LogP contribution in [-0.2, 0) is 19.2 Å². The number of fused-ring (bicyclic) bond motifs is 1. The molecule has 0 fully saturated rings. The molecule has 0 saturated carbocycles. The molecule has 1 aromatic heterocycles. The van der Waals surface area contributed by atoms with E-state index < -0.39 is 5.60 Å². The second kappa shape index (κ2) is 12.1. The summed E-state index contributed by atoms with van der Waals surface area (Å²) in [5, 5.41) is 17.4. The van der Waals surface area contributed by atoms with Gasteiger partial charge in [0.15, 0.2) is 5.60 Å². The van der Waals surface area contributed by atoms with Crippen molar-refractivity contribution in [2.75, 3.05) is 13.6 Å². The fourth-order valence-corrected chi connectivity index (χ4v) is 5.19. The summed E-state index contributed by atoms with van der Waals surface area (Å²) in [5.74, 6) is 0.556. The Kier molecular flexibility index (Phi) is 8.84. The summed E-state index contributed by atoms with van der Waals surface area (Å²) in [6, 6.07) is 22.5. The van der Waals surface area contributed by atoms with Crippen molar-refractivity contribution >= 4 is 22.5 Å². The minimum absolute atomic E-state index is 0.138. The number of likely N-dealkylation sites (N-methyl/N-ethyl adjacent to an activating group) is 1. The number of hydrogen-bond acceptors (Lipinski definition) is 5. The van der Waals surface area contributed by atoms with Crippen molar-refractivity contribution in [1.29, 1.82) is 0 Å². The number of nitrogens with one attached hydrogen (secondary N) is 1. The zero-order valence-corrected chi connectivity index (χ0v) is 24.2. The lowest BCUT2D eigenvalue weighted by Crippen LogP contribution is -2.37. The summed E-state index contributed by atoms with van der Waals surface area (Å²) >= 11 is 6.31. The number of hydrogen-bond donors (Lipinski definition) is 3. The Morgan fingerprint density at radius 2 is 1.82 bits per heavy atom. The third-order valence-electron chi connectivity index (χ3n) is 7.24. The van der Waals surface area contributed by atoms with E-state index in [1.807, 2.05) is 60.7 Å². The van der Waals surface area contributed by atoms with Crippen molar-refractivity contribution < 1.29 is 5.11 Å². The van der Waals surface area contributed by atoms with Crippen LogP contribution >= 0.6 is 11.6 Å². The van der Waals surface area contributed by atoms with Crippen molar-refractivity contribution in [3.63, 3.8) is 0 Å². The second-order valence-corrected chi connectivity index (χ2v) is 10.9. The van der Waals surface area contributed by atoms with E-state index in [1.165, 1.54) is 6.20 Å². The topological polar surface area (TPSA) is 83.5 Å². The van der Waals surface area contributed by atoms with E-state index in [0.29, 0.717) is 27.8 Å². The number of benzene rings is 3. The third-order valence-corrected chi connectivity index (χ3v) is 7.47.